The van der Waals surface area contributed by atoms with Crippen LogP contribution in [0.2, 0.25) is 0 Å². The Morgan fingerprint density at radius 1 is 0.882 bits per heavy atom. The monoisotopic (exact) mass is 467 g/mol. The maximum Gasteiger partial charge on any atom is 0.253 e. The Bertz CT molecular complexity index is 809. The molecule has 34 heavy (non-hydrogen) atoms. The second-order valence-electron chi connectivity index (χ2n) is 11.9. The molecular formula is C29H45N3O2. The summed E-state index contributed by atoms with van der Waals surface area (Å²) in [5, 5.41) is 3.34. The Morgan fingerprint density at radius 2 is 1.47 bits per heavy atom. The van der Waals surface area contributed by atoms with E-state index in [1.54, 1.807) is 0 Å². The second kappa shape index (κ2) is 11.2. The van der Waals surface area contributed by atoms with Crippen LogP contribution in [0, 0.1) is 11.8 Å². The Hall–Kier alpha value is -1.88. The summed E-state index contributed by atoms with van der Waals surface area (Å²) < 4.78 is 0. The summed E-state index contributed by atoms with van der Waals surface area (Å²) in [5.74, 6) is 1.45. The smallest absolute Gasteiger partial charge is 0.253 e. The van der Waals surface area contributed by atoms with E-state index >= 15 is 0 Å². The lowest BCUT2D eigenvalue weighted by Gasteiger charge is -2.41. The summed E-state index contributed by atoms with van der Waals surface area (Å²) in [6.07, 6.45) is 11.3. The molecule has 2 amide bonds. The van der Waals surface area contributed by atoms with Gasteiger partial charge >= 0.3 is 0 Å². The number of benzene rings is 1. The Balaban J connectivity index is 1.34. The molecular weight excluding hydrogens is 422 g/mol. The molecule has 1 aromatic rings. The first-order valence-corrected chi connectivity index (χ1v) is 13.7. The van der Waals surface area contributed by atoms with Crippen molar-refractivity contribution in [2.75, 3.05) is 32.7 Å². The third-order valence-electron chi connectivity index (χ3n) is 8.40. The molecule has 3 aliphatic rings. The second-order valence-corrected chi connectivity index (χ2v) is 11.9. The SMILES string of the molecule is CC(C)(C)c1ccc(C(=O)N2CCN([C@@H](C(=O)NCC3CCCCC3)C3CCCC3)CC2)cc1. The van der Waals surface area contributed by atoms with Gasteiger partial charge in [0.25, 0.3) is 5.91 Å². The van der Waals surface area contributed by atoms with Crippen molar-refractivity contribution in [2.45, 2.75) is 90.0 Å². The zero-order chi connectivity index (χ0) is 24.1. The Kier molecular flexibility index (Phi) is 8.34. The highest BCUT2D eigenvalue weighted by molar-refractivity contribution is 5.94. The van der Waals surface area contributed by atoms with Crippen LogP contribution < -0.4 is 5.32 Å². The van der Waals surface area contributed by atoms with Gasteiger partial charge in [0.05, 0.1) is 6.04 Å². The standard InChI is InChI=1S/C29H45N3O2/c1-29(2,3)25-15-13-24(14-16-25)28(34)32-19-17-31(18-20-32)26(23-11-7-8-12-23)27(33)30-21-22-9-5-4-6-10-22/h13-16,22-23,26H,4-12,17-21H2,1-3H3,(H,30,33)/t26-/m1/s1. The van der Waals surface area contributed by atoms with Gasteiger partial charge in [0.15, 0.2) is 0 Å². The van der Waals surface area contributed by atoms with Gasteiger partial charge in [-0.2, -0.15) is 0 Å². The first-order valence-electron chi connectivity index (χ1n) is 13.7. The third-order valence-corrected chi connectivity index (χ3v) is 8.40. The molecule has 0 unspecified atom stereocenters. The summed E-state index contributed by atoms with van der Waals surface area (Å²) in [4.78, 5) is 30.9. The lowest BCUT2D eigenvalue weighted by Crippen LogP contribution is -2.58. The Labute approximate surface area is 206 Å². The van der Waals surface area contributed by atoms with Crippen molar-refractivity contribution in [1.29, 1.82) is 0 Å². The molecule has 3 fully saturated rings. The molecule has 0 aromatic heterocycles. The van der Waals surface area contributed by atoms with Gasteiger partial charge in [-0.15, -0.1) is 0 Å². The summed E-state index contributed by atoms with van der Waals surface area (Å²) in [5.41, 5.74) is 2.09. The summed E-state index contributed by atoms with van der Waals surface area (Å²) in [6, 6.07) is 8.06. The van der Waals surface area contributed by atoms with E-state index < -0.39 is 0 Å². The first kappa shape index (κ1) is 25.2. The number of hydrogen-bond acceptors (Lipinski definition) is 3. The average Bonchev–Trinajstić information content (AvgIpc) is 3.37. The minimum atomic E-state index is -0.0330. The predicted octanol–water partition coefficient (Wildman–Crippen LogP) is 5.00. The summed E-state index contributed by atoms with van der Waals surface area (Å²) in [7, 11) is 0. The number of amides is 2. The van der Waals surface area contributed by atoms with E-state index in [4.69, 9.17) is 0 Å². The predicted molar refractivity (Wildman–Crippen MR) is 138 cm³/mol. The van der Waals surface area contributed by atoms with Gasteiger partial charge in [0.1, 0.15) is 0 Å². The average molecular weight is 468 g/mol. The molecule has 0 radical (unpaired) electrons. The number of nitrogens with one attached hydrogen (secondary N) is 1. The van der Waals surface area contributed by atoms with Gasteiger partial charge < -0.3 is 10.2 Å². The molecule has 1 aliphatic heterocycles. The van der Waals surface area contributed by atoms with Gasteiger partial charge in [0, 0.05) is 38.3 Å². The van der Waals surface area contributed by atoms with E-state index in [-0.39, 0.29) is 23.3 Å². The molecule has 1 aromatic carbocycles. The van der Waals surface area contributed by atoms with E-state index in [2.05, 4.69) is 43.1 Å². The van der Waals surface area contributed by atoms with Gasteiger partial charge in [-0.05, 0) is 60.6 Å². The minimum absolute atomic E-state index is 0.0330. The number of carbonyl (C=O) groups excluding carboxylic acids is 2. The van der Waals surface area contributed by atoms with E-state index in [9.17, 15) is 9.59 Å². The van der Waals surface area contributed by atoms with E-state index in [1.165, 1.54) is 50.5 Å². The van der Waals surface area contributed by atoms with Crippen LogP contribution in [-0.2, 0) is 10.2 Å². The van der Waals surface area contributed by atoms with E-state index in [1.807, 2.05) is 17.0 Å². The zero-order valence-electron chi connectivity index (χ0n) is 21.7. The maximum absolute atomic E-state index is 13.4. The van der Waals surface area contributed by atoms with Crippen LogP contribution in [0.5, 0.6) is 0 Å². The molecule has 4 rings (SSSR count). The summed E-state index contributed by atoms with van der Waals surface area (Å²) in [6.45, 7) is 10.4. The lowest BCUT2D eigenvalue weighted by molar-refractivity contribution is -0.129. The van der Waals surface area contributed by atoms with Crippen LogP contribution in [-0.4, -0.2) is 60.4 Å². The van der Waals surface area contributed by atoms with Crippen molar-refractivity contribution in [3.8, 4) is 0 Å². The number of hydrogen-bond donors (Lipinski definition) is 1. The van der Waals surface area contributed by atoms with Crippen molar-refractivity contribution in [3.05, 3.63) is 35.4 Å². The maximum atomic E-state index is 13.4. The quantitative estimate of drug-likeness (QED) is 0.641. The van der Waals surface area contributed by atoms with Crippen LogP contribution in [0.3, 0.4) is 0 Å². The van der Waals surface area contributed by atoms with Crippen LogP contribution >= 0.6 is 0 Å². The van der Waals surface area contributed by atoms with Gasteiger partial charge in [-0.3, -0.25) is 14.5 Å². The van der Waals surface area contributed by atoms with Crippen molar-refractivity contribution in [2.24, 2.45) is 11.8 Å². The molecule has 1 saturated heterocycles. The highest BCUT2D eigenvalue weighted by atomic mass is 16.2. The van der Waals surface area contributed by atoms with Crippen molar-refractivity contribution < 1.29 is 9.59 Å². The molecule has 188 valence electrons. The Morgan fingerprint density at radius 3 is 2.06 bits per heavy atom. The summed E-state index contributed by atoms with van der Waals surface area (Å²) >= 11 is 0. The largest absolute Gasteiger partial charge is 0.354 e. The molecule has 1 atom stereocenters. The van der Waals surface area contributed by atoms with Gasteiger partial charge in [-0.25, -0.2) is 0 Å². The fourth-order valence-corrected chi connectivity index (χ4v) is 6.19. The van der Waals surface area contributed by atoms with E-state index in [0.717, 1.165) is 38.0 Å². The number of carbonyl (C=O) groups is 2. The fraction of sp³-hybridized carbons (Fsp3) is 0.724. The van der Waals surface area contributed by atoms with E-state index in [0.29, 0.717) is 24.9 Å². The molecule has 2 saturated carbocycles. The molecule has 0 spiro atoms. The highest BCUT2D eigenvalue weighted by Crippen LogP contribution is 2.31. The number of piperazine rings is 1. The van der Waals surface area contributed by atoms with Crippen molar-refractivity contribution in [3.63, 3.8) is 0 Å². The lowest BCUT2D eigenvalue weighted by atomic mass is 9.86. The van der Waals surface area contributed by atoms with Crippen LogP contribution in [0.15, 0.2) is 24.3 Å². The van der Waals surface area contributed by atoms with Gasteiger partial charge in [0.2, 0.25) is 5.91 Å². The van der Waals surface area contributed by atoms with Crippen LogP contribution in [0.25, 0.3) is 0 Å². The number of nitrogens with zero attached hydrogens (tertiary/aromatic N) is 2. The molecule has 2 aliphatic carbocycles. The van der Waals surface area contributed by atoms with Crippen LogP contribution in [0.1, 0.15) is 94.5 Å². The molecule has 1 N–H and O–H groups in total. The third kappa shape index (κ3) is 6.21. The van der Waals surface area contributed by atoms with Crippen LogP contribution in [0.4, 0.5) is 0 Å². The molecule has 1 heterocycles. The van der Waals surface area contributed by atoms with Gasteiger partial charge in [-0.1, -0.05) is 65.0 Å². The first-order chi connectivity index (χ1) is 16.3. The zero-order valence-corrected chi connectivity index (χ0v) is 21.7. The fourth-order valence-electron chi connectivity index (χ4n) is 6.19. The topological polar surface area (TPSA) is 52.7 Å². The van der Waals surface area contributed by atoms with Crippen molar-refractivity contribution in [1.82, 2.24) is 15.1 Å². The number of rotatable bonds is 6. The highest BCUT2D eigenvalue weighted by Gasteiger charge is 2.37. The molecule has 5 nitrogen and oxygen atoms in total. The minimum Gasteiger partial charge on any atom is -0.354 e. The molecule has 0 bridgehead atoms. The van der Waals surface area contributed by atoms with Crippen molar-refractivity contribution >= 4 is 11.8 Å². The normalized spacial score (nSPS) is 22.0. The molecule has 5 heteroatoms.